The minimum Gasteiger partial charge on any atom is -0.493 e. The highest BCUT2D eigenvalue weighted by atomic mass is 32.2. The first kappa shape index (κ1) is 22.3. The summed E-state index contributed by atoms with van der Waals surface area (Å²) < 4.78 is 39.3. The summed E-state index contributed by atoms with van der Waals surface area (Å²) in [5.41, 5.74) is 1.74. The van der Waals surface area contributed by atoms with E-state index in [0.29, 0.717) is 33.7 Å². The number of aliphatic imine (C=N–C) groups is 1. The highest BCUT2D eigenvalue weighted by molar-refractivity contribution is 8.15. The lowest BCUT2D eigenvalue weighted by Gasteiger charge is -2.14. The predicted molar refractivity (Wildman–Crippen MR) is 125 cm³/mol. The van der Waals surface area contributed by atoms with Gasteiger partial charge >= 0.3 is 0 Å². The molecule has 2 atom stereocenters. The highest BCUT2D eigenvalue weighted by Crippen LogP contribution is 2.40. The Hall–Kier alpha value is -2.92. The lowest BCUT2D eigenvalue weighted by atomic mass is 10.2. The molecule has 0 spiro atoms. The summed E-state index contributed by atoms with van der Waals surface area (Å²) in [6.45, 7) is 0. The molecule has 170 valence electrons. The molecule has 2 N–H and O–H groups in total. The number of ether oxygens (including phenoxy) is 3. The lowest BCUT2D eigenvalue weighted by molar-refractivity contribution is 0.102. The monoisotopic (exact) mass is 477 g/mol. The van der Waals surface area contributed by atoms with E-state index in [0.717, 1.165) is 5.69 Å². The molecular formula is C21H23N3O6S2. The molecule has 0 unspecified atom stereocenters. The van der Waals surface area contributed by atoms with Gasteiger partial charge in [0.05, 0.1) is 38.9 Å². The van der Waals surface area contributed by atoms with Gasteiger partial charge in [0.1, 0.15) is 0 Å². The van der Waals surface area contributed by atoms with Crippen molar-refractivity contribution in [2.24, 2.45) is 4.99 Å². The van der Waals surface area contributed by atoms with Crippen LogP contribution in [0.15, 0.2) is 41.4 Å². The van der Waals surface area contributed by atoms with Crippen LogP contribution >= 0.6 is 11.8 Å². The number of carbonyl (C=O) groups excluding carboxylic acids is 1. The first-order valence-electron chi connectivity index (χ1n) is 9.75. The Morgan fingerprint density at radius 3 is 2.22 bits per heavy atom. The number of nitrogens with zero attached hydrogens (tertiary/aromatic N) is 1. The molecule has 2 aromatic rings. The van der Waals surface area contributed by atoms with E-state index in [4.69, 9.17) is 14.2 Å². The maximum Gasteiger partial charge on any atom is 0.255 e. The molecule has 0 bridgehead atoms. The van der Waals surface area contributed by atoms with Crippen molar-refractivity contribution in [3.8, 4) is 17.2 Å². The third-order valence-corrected chi connectivity index (χ3v) is 8.28. The maximum atomic E-state index is 12.7. The molecule has 32 heavy (non-hydrogen) atoms. The number of hydrogen-bond donors (Lipinski definition) is 2. The van der Waals surface area contributed by atoms with Gasteiger partial charge in [0.2, 0.25) is 5.75 Å². The van der Waals surface area contributed by atoms with Crippen LogP contribution in [0.4, 0.5) is 11.4 Å². The van der Waals surface area contributed by atoms with E-state index < -0.39 is 9.84 Å². The smallest absolute Gasteiger partial charge is 0.255 e. The Kier molecular flexibility index (Phi) is 6.20. The molecular weight excluding hydrogens is 454 g/mol. The van der Waals surface area contributed by atoms with E-state index in [2.05, 4.69) is 15.6 Å². The van der Waals surface area contributed by atoms with Crippen molar-refractivity contribution >= 4 is 44.0 Å². The van der Waals surface area contributed by atoms with Crippen LogP contribution in [-0.4, -0.2) is 63.6 Å². The van der Waals surface area contributed by atoms with Gasteiger partial charge in [-0.3, -0.25) is 9.79 Å². The highest BCUT2D eigenvalue weighted by Gasteiger charge is 2.42. The zero-order valence-electron chi connectivity index (χ0n) is 17.7. The second-order valence-corrected chi connectivity index (χ2v) is 10.7. The van der Waals surface area contributed by atoms with Crippen molar-refractivity contribution in [3.63, 3.8) is 0 Å². The fourth-order valence-electron chi connectivity index (χ4n) is 3.60. The third kappa shape index (κ3) is 4.63. The van der Waals surface area contributed by atoms with Gasteiger partial charge in [-0.15, -0.1) is 0 Å². The first-order valence-corrected chi connectivity index (χ1v) is 12.5. The molecule has 2 aromatic carbocycles. The fourth-order valence-corrected chi connectivity index (χ4v) is 7.28. The SMILES string of the molecule is COc1cc(NC(=O)c2ccc(NC3=N[C@H]4CS(=O)(=O)C[C@@H]4S3)cc2)cc(OC)c1OC. The molecule has 9 nitrogen and oxygen atoms in total. The van der Waals surface area contributed by atoms with Crippen molar-refractivity contribution in [1.82, 2.24) is 0 Å². The molecule has 0 radical (unpaired) electrons. The van der Waals surface area contributed by atoms with E-state index in [1.54, 1.807) is 36.4 Å². The number of carbonyl (C=O) groups is 1. The average molecular weight is 478 g/mol. The first-order chi connectivity index (χ1) is 15.3. The van der Waals surface area contributed by atoms with E-state index in [9.17, 15) is 13.2 Å². The van der Waals surface area contributed by atoms with E-state index in [1.165, 1.54) is 33.1 Å². The van der Waals surface area contributed by atoms with E-state index in [1.807, 2.05) is 0 Å². The minimum absolute atomic E-state index is 0.0222. The Bertz CT molecular complexity index is 1140. The molecule has 2 aliphatic rings. The molecule has 0 aliphatic carbocycles. The van der Waals surface area contributed by atoms with Gasteiger partial charge < -0.3 is 24.8 Å². The number of amidine groups is 1. The number of anilines is 2. The second-order valence-electron chi connectivity index (χ2n) is 7.31. The fraction of sp³-hybridized carbons (Fsp3) is 0.333. The Labute approximate surface area is 190 Å². The second kappa shape index (κ2) is 8.91. The summed E-state index contributed by atoms with van der Waals surface area (Å²) in [6.07, 6.45) is 0. The molecule has 2 heterocycles. The summed E-state index contributed by atoms with van der Waals surface area (Å²) >= 11 is 1.45. The normalized spacial score (nSPS) is 20.8. The number of thioether (sulfide) groups is 1. The number of methoxy groups -OCH3 is 3. The predicted octanol–water partition coefficient (Wildman–Crippen LogP) is 2.65. The van der Waals surface area contributed by atoms with E-state index >= 15 is 0 Å². The van der Waals surface area contributed by atoms with Crippen molar-refractivity contribution in [2.75, 3.05) is 43.5 Å². The number of nitrogens with one attached hydrogen (secondary N) is 2. The minimum atomic E-state index is -2.98. The summed E-state index contributed by atoms with van der Waals surface area (Å²) in [7, 11) is 1.55. The van der Waals surface area contributed by atoms with Gasteiger partial charge in [-0.2, -0.15) is 0 Å². The van der Waals surface area contributed by atoms with Crippen molar-refractivity contribution in [1.29, 1.82) is 0 Å². The molecule has 0 aromatic heterocycles. The Morgan fingerprint density at radius 2 is 1.66 bits per heavy atom. The van der Waals surface area contributed by atoms with Gasteiger partial charge in [0, 0.05) is 34.3 Å². The van der Waals surface area contributed by atoms with Crippen LogP contribution in [0.3, 0.4) is 0 Å². The van der Waals surface area contributed by atoms with Gasteiger partial charge in [0.15, 0.2) is 26.5 Å². The van der Waals surface area contributed by atoms with Crippen LogP contribution in [0.2, 0.25) is 0 Å². The third-order valence-electron chi connectivity index (χ3n) is 5.14. The molecule has 2 aliphatic heterocycles. The van der Waals surface area contributed by atoms with E-state index in [-0.39, 0.29) is 28.7 Å². The van der Waals surface area contributed by atoms with Crippen molar-refractivity contribution in [3.05, 3.63) is 42.0 Å². The molecule has 1 amide bonds. The average Bonchev–Trinajstić information content (AvgIpc) is 3.25. The number of amides is 1. The molecule has 0 saturated carbocycles. The van der Waals surface area contributed by atoms with Crippen LogP contribution < -0.4 is 24.8 Å². The van der Waals surface area contributed by atoms with Gasteiger partial charge in [0.25, 0.3) is 5.91 Å². The molecule has 1 fully saturated rings. The Balaban J connectivity index is 1.42. The standard InChI is InChI=1S/C21H23N3O6S2/c1-28-16-8-14(9-17(29-2)19(16)30-3)22-20(25)12-4-6-13(7-5-12)23-21-24-15-10-32(26,27)11-18(15)31-21/h4-9,15,18H,10-11H2,1-3H3,(H,22,25)(H,23,24)/t15-,18-/m0/s1. The number of fused-ring (bicyclic) bond motifs is 1. The van der Waals surface area contributed by atoms with Gasteiger partial charge in [-0.05, 0) is 24.3 Å². The van der Waals surface area contributed by atoms with Crippen LogP contribution in [0, 0.1) is 0 Å². The van der Waals surface area contributed by atoms with Gasteiger partial charge in [-0.25, -0.2) is 8.42 Å². The number of sulfone groups is 1. The summed E-state index contributed by atoms with van der Waals surface area (Å²) in [5.74, 6) is 1.30. The molecule has 4 rings (SSSR count). The van der Waals surface area contributed by atoms with Crippen LogP contribution in [0.25, 0.3) is 0 Å². The van der Waals surface area contributed by atoms with Crippen molar-refractivity contribution in [2.45, 2.75) is 11.3 Å². The van der Waals surface area contributed by atoms with Crippen LogP contribution in [0.1, 0.15) is 10.4 Å². The quantitative estimate of drug-likeness (QED) is 0.653. The lowest BCUT2D eigenvalue weighted by Crippen LogP contribution is -2.13. The summed E-state index contributed by atoms with van der Waals surface area (Å²) in [6, 6.07) is 10.1. The Morgan fingerprint density at radius 1 is 1.00 bits per heavy atom. The number of hydrogen-bond acceptors (Lipinski definition) is 9. The largest absolute Gasteiger partial charge is 0.493 e. The number of rotatable bonds is 6. The topological polar surface area (TPSA) is 115 Å². The molecule has 11 heteroatoms. The summed E-state index contributed by atoms with van der Waals surface area (Å²) in [4.78, 5) is 17.2. The molecule has 1 saturated heterocycles. The van der Waals surface area contributed by atoms with Crippen molar-refractivity contribution < 1.29 is 27.4 Å². The zero-order valence-corrected chi connectivity index (χ0v) is 19.4. The zero-order chi connectivity index (χ0) is 22.9. The van der Waals surface area contributed by atoms with Crippen LogP contribution in [-0.2, 0) is 9.84 Å². The van der Waals surface area contributed by atoms with Crippen LogP contribution in [0.5, 0.6) is 17.2 Å². The summed E-state index contributed by atoms with van der Waals surface area (Å²) in [5, 5.41) is 6.70. The maximum absolute atomic E-state index is 12.7. The number of benzene rings is 2. The van der Waals surface area contributed by atoms with Gasteiger partial charge in [-0.1, -0.05) is 11.8 Å².